The van der Waals surface area contributed by atoms with Crippen LogP contribution in [0.3, 0.4) is 0 Å². The van der Waals surface area contributed by atoms with Crippen LogP contribution in [0.4, 0.5) is 11.5 Å². The molecule has 1 atom stereocenters. The van der Waals surface area contributed by atoms with Crippen LogP contribution in [0.2, 0.25) is 0 Å². The molecule has 0 aliphatic carbocycles. The molecule has 2 rings (SSSR count). The van der Waals surface area contributed by atoms with Crippen molar-refractivity contribution in [1.29, 1.82) is 0 Å². The van der Waals surface area contributed by atoms with Gasteiger partial charge in [0.1, 0.15) is 5.69 Å². The van der Waals surface area contributed by atoms with Crippen LogP contribution in [0.1, 0.15) is 31.1 Å². The lowest BCUT2D eigenvalue weighted by molar-refractivity contribution is -0.384. The van der Waals surface area contributed by atoms with Crippen molar-refractivity contribution in [3.63, 3.8) is 0 Å². The molecule has 0 aliphatic rings. The van der Waals surface area contributed by atoms with Gasteiger partial charge in [-0.2, -0.15) is 5.10 Å². The molecule has 0 spiro atoms. The third-order valence-corrected chi connectivity index (χ3v) is 3.23. The van der Waals surface area contributed by atoms with Gasteiger partial charge in [0.25, 0.3) is 0 Å². The van der Waals surface area contributed by atoms with Crippen molar-refractivity contribution in [2.24, 2.45) is 0 Å². The van der Waals surface area contributed by atoms with Crippen molar-refractivity contribution in [2.45, 2.75) is 33.4 Å². The van der Waals surface area contributed by atoms with Gasteiger partial charge in [-0.05, 0) is 26.3 Å². The number of aryl methyl sites for hydroxylation is 2. The van der Waals surface area contributed by atoms with Crippen molar-refractivity contribution in [1.82, 2.24) is 9.78 Å². The lowest BCUT2D eigenvalue weighted by Gasteiger charge is -2.15. The summed E-state index contributed by atoms with van der Waals surface area (Å²) in [6, 6.07) is 9.79. The van der Waals surface area contributed by atoms with E-state index in [-0.39, 0.29) is 16.7 Å². The van der Waals surface area contributed by atoms with Crippen LogP contribution < -0.4 is 5.32 Å². The molecule has 0 saturated heterocycles. The van der Waals surface area contributed by atoms with Crippen molar-refractivity contribution in [2.75, 3.05) is 5.32 Å². The number of hydrogen-bond acceptors (Lipinski definition) is 4. The first-order valence-electron chi connectivity index (χ1n) is 6.57. The van der Waals surface area contributed by atoms with E-state index in [2.05, 4.69) is 10.4 Å². The highest BCUT2D eigenvalue weighted by atomic mass is 16.6. The Bertz CT molecular complexity index is 607. The van der Waals surface area contributed by atoms with Crippen molar-refractivity contribution in [3.8, 4) is 0 Å². The molecule has 0 aliphatic heterocycles. The van der Waals surface area contributed by atoms with E-state index in [0.29, 0.717) is 18.1 Å². The summed E-state index contributed by atoms with van der Waals surface area (Å²) in [4.78, 5) is 10.8. The average Bonchev–Trinajstić information content (AvgIpc) is 2.75. The van der Waals surface area contributed by atoms with Crippen molar-refractivity contribution < 1.29 is 4.92 Å². The Hall–Kier alpha value is -2.37. The van der Waals surface area contributed by atoms with E-state index < -0.39 is 0 Å². The van der Waals surface area contributed by atoms with Gasteiger partial charge in [0.15, 0.2) is 0 Å². The van der Waals surface area contributed by atoms with Crippen molar-refractivity contribution in [3.05, 3.63) is 51.7 Å². The zero-order valence-electron chi connectivity index (χ0n) is 11.8. The molecule has 0 radical (unpaired) electrons. The molecular formula is C14H18N4O2. The van der Waals surface area contributed by atoms with Gasteiger partial charge >= 0.3 is 5.69 Å². The second-order valence-electron chi connectivity index (χ2n) is 4.63. The number of nitrogens with one attached hydrogen (secondary N) is 1. The third kappa shape index (κ3) is 2.64. The average molecular weight is 274 g/mol. The number of nitrogens with zero attached hydrogens (tertiary/aromatic N) is 3. The molecule has 6 heteroatoms. The van der Waals surface area contributed by atoms with Crippen LogP contribution in [-0.2, 0) is 6.54 Å². The Labute approximate surface area is 117 Å². The minimum atomic E-state index is -0.380. The van der Waals surface area contributed by atoms with E-state index in [1.165, 1.54) is 0 Å². The summed E-state index contributed by atoms with van der Waals surface area (Å²) in [5, 5.41) is 18.6. The molecule has 1 aromatic heterocycles. The predicted octanol–water partition coefficient (Wildman–Crippen LogP) is 3.29. The smallest absolute Gasteiger partial charge is 0.333 e. The third-order valence-electron chi connectivity index (χ3n) is 3.23. The molecule has 6 nitrogen and oxygen atoms in total. The van der Waals surface area contributed by atoms with E-state index in [1.54, 1.807) is 11.6 Å². The highest BCUT2D eigenvalue weighted by molar-refractivity contribution is 5.60. The van der Waals surface area contributed by atoms with Gasteiger partial charge in [-0.1, -0.05) is 30.3 Å². The normalized spacial score (nSPS) is 12.2. The first-order valence-corrected chi connectivity index (χ1v) is 6.57. The Morgan fingerprint density at radius 2 is 2.05 bits per heavy atom. The lowest BCUT2D eigenvalue weighted by Crippen LogP contribution is -2.12. The second-order valence-corrected chi connectivity index (χ2v) is 4.63. The summed E-state index contributed by atoms with van der Waals surface area (Å²) >= 11 is 0. The van der Waals surface area contributed by atoms with Crippen LogP contribution in [0.5, 0.6) is 0 Å². The monoisotopic (exact) mass is 274 g/mol. The molecule has 0 bridgehead atoms. The Morgan fingerprint density at radius 1 is 1.40 bits per heavy atom. The summed E-state index contributed by atoms with van der Waals surface area (Å²) in [6.45, 7) is 6.12. The quantitative estimate of drug-likeness (QED) is 0.670. The molecule has 1 unspecified atom stereocenters. The molecule has 20 heavy (non-hydrogen) atoms. The molecule has 1 N–H and O–H groups in total. The maximum atomic E-state index is 11.2. The molecule has 0 fully saturated rings. The molecule has 0 saturated carbocycles. The Kier molecular flexibility index (Phi) is 4.02. The predicted molar refractivity (Wildman–Crippen MR) is 77.8 cm³/mol. The highest BCUT2D eigenvalue weighted by Crippen LogP contribution is 2.31. The fourth-order valence-electron chi connectivity index (χ4n) is 2.19. The Balaban J connectivity index is 2.35. The van der Waals surface area contributed by atoms with Crippen LogP contribution >= 0.6 is 0 Å². The number of anilines is 1. The van der Waals surface area contributed by atoms with Gasteiger partial charge in [0, 0.05) is 6.54 Å². The molecular weight excluding hydrogens is 256 g/mol. The first kappa shape index (κ1) is 14.0. The first-order chi connectivity index (χ1) is 9.54. The van der Waals surface area contributed by atoms with Gasteiger partial charge in [-0.3, -0.25) is 10.1 Å². The maximum absolute atomic E-state index is 11.2. The van der Waals surface area contributed by atoms with E-state index in [0.717, 1.165) is 5.56 Å². The molecule has 106 valence electrons. The van der Waals surface area contributed by atoms with Gasteiger partial charge in [-0.15, -0.1) is 0 Å². The number of hydrogen-bond donors (Lipinski definition) is 1. The number of nitro groups is 1. The van der Waals surface area contributed by atoms with Gasteiger partial charge < -0.3 is 5.32 Å². The highest BCUT2D eigenvalue weighted by Gasteiger charge is 2.25. The van der Waals surface area contributed by atoms with Crippen molar-refractivity contribution >= 4 is 11.5 Å². The summed E-state index contributed by atoms with van der Waals surface area (Å²) < 4.78 is 1.63. The van der Waals surface area contributed by atoms with Crippen LogP contribution in [0.15, 0.2) is 30.3 Å². The summed E-state index contributed by atoms with van der Waals surface area (Å²) in [7, 11) is 0. The van der Waals surface area contributed by atoms with E-state index in [9.17, 15) is 10.1 Å². The van der Waals surface area contributed by atoms with Crippen LogP contribution in [0.25, 0.3) is 0 Å². The second kappa shape index (κ2) is 5.73. The maximum Gasteiger partial charge on any atom is 0.333 e. The largest absolute Gasteiger partial charge is 0.358 e. The lowest BCUT2D eigenvalue weighted by atomic mass is 10.1. The fourth-order valence-corrected chi connectivity index (χ4v) is 2.19. The SMILES string of the molecule is CCn1nc(C)c([N+](=O)[O-])c1NC(C)c1ccccc1. The van der Waals surface area contributed by atoms with E-state index in [4.69, 9.17) is 0 Å². The van der Waals surface area contributed by atoms with E-state index in [1.807, 2.05) is 44.2 Å². The van der Waals surface area contributed by atoms with Gasteiger partial charge in [-0.25, -0.2) is 4.68 Å². The summed E-state index contributed by atoms with van der Waals surface area (Å²) in [5.41, 5.74) is 1.55. The summed E-state index contributed by atoms with van der Waals surface area (Å²) in [6.07, 6.45) is 0. The van der Waals surface area contributed by atoms with Crippen LogP contribution in [-0.4, -0.2) is 14.7 Å². The molecule has 2 aromatic rings. The molecule has 0 amide bonds. The number of aromatic nitrogens is 2. The molecule has 1 heterocycles. The summed E-state index contributed by atoms with van der Waals surface area (Å²) in [5.74, 6) is 0.464. The van der Waals surface area contributed by atoms with Gasteiger partial charge in [0.05, 0.1) is 11.0 Å². The van der Waals surface area contributed by atoms with Crippen LogP contribution in [0, 0.1) is 17.0 Å². The topological polar surface area (TPSA) is 73.0 Å². The fraction of sp³-hybridized carbons (Fsp3) is 0.357. The van der Waals surface area contributed by atoms with E-state index >= 15 is 0 Å². The zero-order chi connectivity index (χ0) is 14.7. The van der Waals surface area contributed by atoms with Gasteiger partial charge in [0.2, 0.25) is 5.82 Å². The number of benzene rings is 1. The number of rotatable bonds is 5. The zero-order valence-corrected chi connectivity index (χ0v) is 11.8. The standard InChI is InChI=1S/C14H18N4O2/c1-4-17-14(13(18(19)20)11(3)16-17)15-10(2)12-8-6-5-7-9-12/h5-10,15H,4H2,1-3H3. The minimum Gasteiger partial charge on any atom is -0.358 e. The Morgan fingerprint density at radius 3 is 2.60 bits per heavy atom. The molecule has 1 aromatic carbocycles. The minimum absolute atomic E-state index is 0.0312.